The van der Waals surface area contributed by atoms with Gasteiger partial charge in [-0.3, -0.25) is 14.4 Å². The first-order valence-corrected chi connectivity index (χ1v) is 10.4. The second kappa shape index (κ2) is 7.99. The molecule has 0 bridgehead atoms. The highest BCUT2D eigenvalue weighted by Crippen LogP contribution is 2.20. The molecule has 1 unspecified atom stereocenters. The Bertz CT molecular complexity index is 801. The third kappa shape index (κ3) is 4.69. The van der Waals surface area contributed by atoms with Crippen LogP contribution >= 0.6 is 0 Å². The first-order chi connectivity index (χ1) is 12.1. The number of amides is 2. The van der Waals surface area contributed by atoms with E-state index in [1.54, 1.807) is 31.2 Å². The zero-order valence-electron chi connectivity index (χ0n) is 15.3. The third-order valence-electron chi connectivity index (χ3n) is 4.57. The number of benzene rings is 1. The molecule has 0 saturated carbocycles. The van der Waals surface area contributed by atoms with Crippen LogP contribution in [-0.2, 0) is 19.4 Å². The average Bonchev–Trinajstić information content (AvgIpc) is 2.92. The van der Waals surface area contributed by atoms with Gasteiger partial charge in [-0.1, -0.05) is 0 Å². The van der Waals surface area contributed by atoms with E-state index in [-0.39, 0.29) is 41.7 Å². The molecule has 1 aromatic carbocycles. The maximum atomic E-state index is 12.7. The van der Waals surface area contributed by atoms with Gasteiger partial charge in [0.15, 0.2) is 15.6 Å². The van der Waals surface area contributed by atoms with Crippen LogP contribution in [0.4, 0.5) is 5.69 Å². The Morgan fingerprint density at radius 1 is 1.12 bits per heavy atom. The van der Waals surface area contributed by atoms with Crippen molar-refractivity contribution in [2.24, 2.45) is 0 Å². The van der Waals surface area contributed by atoms with E-state index in [1.165, 1.54) is 23.6 Å². The quantitative estimate of drug-likeness (QED) is 0.693. The molecule has 1 aromatic rings. The Morgan fingerprint density at radius 3 is 2.15 bits per heavy atom. The maximum absolute atomic E-state index is 12.7. The highest BCUT2D eigenvalue weighted by Gasteiger charge is 2.34. The Labute approximate surface area is 153 Å². The summed E-state index contributed by atoms with van der Waals surface area (Å²) < 4.78 is 23.4. The fourth-order valence-electron chi connectivity index (χ4n) is 3.15. The summed E-state index contributed by atoms with van der Waals surface area (Å²) in [7, 11) is -3.10. The first kappa shape index (κ1) is 20.1. The van der Waals surface area contributed by atoms with Crippen LogP contribution in [0.3, 0.4) is 0 Å². The van der Waals surface area contributed by atoms with Crippen LogP contribution in [0, 0.1) is 0 Å². The summed E-state index contributed by atoms with van der Waals surface area (Å²) in [5, 5.41) is 0. The number of anilines is 1. The molecule has 1 saturated heterocycles. The number of sulfone groups is 1. The van der Waals surface area contributed by atoms with Crippen LogP contribution in [0.2, 0.25) is 0 Å². The maximum Gasteiger partial charge on any atom is 0.242 e. The normalized spacial score (nSPS) is 18.3. The fraction of sp³-hybridized carbons (Fsp3) is 0.500. The Kier molecular flexibility index (Phi) is 6.17. The predicted octanol–water partition coefficient (Wildman–Crippen LogP) is 1.28. The molecule has 142 valence electrons. The van der Waals surface area contributed by atoms with Gasteiger partial charge in [0.1, 0.15) is 6.54 Å². The summed E-state index contributed by atoms with van der Waals surface area (Å²) in [4.78, 5) is 39.0. The van der Waals surface area contributed by atoms with Crippen LogP contribution in [-0.4, -0.2) is 61.6 Å². The number of ketones is 1. The average molecular weight is 380 g/mol. The summed E-state index contributed by atoms with van der Waals surface area (Å²) in [5.41, 5.74) is 1.04. The monoisotopic (exact) mass is 380 g/mol. The molecule has 0 aliphatic carbocycles. The van der Waals surface area contributed by atoms with E-state index in [0.717, 1.165) is 0 Å². The highest BCUT2D eigenvalue weighted by atomic mass is 32.2. The summed E-state index contributed by atoms with van der Waals surface area (Å²) in [6.07, 6.45) is 0.426. The van der Waals surface area contributed by atoms with Crippen LogP contribution in [0.15, 0.2) is 24.3 Å². The number of hydrogen-bond donors (Lipinski definition) is 0. The zero-order valence-corrected chi connectivity index (χ0v) is 16.1. The van der Waals surface area contributed by atoms with Gasteiger partial charge < -0.3 is 9.80 Å². The van der Waals surface area contributed by atoms with E-state index in [2.05, 4.69) is 0 Å². The second-order valence-corrected chi connectivity index (χ2v) is 8.67. The van der Waals surface area contributed by atoms with Crippen molar-refractivity contribution in [2.45, 2.75) is 33.2 Å². The lowest BCUT2D eigenvalue weighted by Crippen LogP contribution is -2.47. The smallest absolute Gasteiger partial charge is 0.242 e. The Morgan fingerprint density at radius 2 is 1.73 bits per heavy atom. The number of Topliss-reactive ketones (excluding diaryl/α,β-unsaturated/α-hetero) is 1. The van der Waals surface area contributed by atoms with Crippen molar-refractivity contribution in [2.75, 3.05) is 29.5 Å². The number of nitrogens with zero attached hydrogens (tertiary/aromatic N) is 2. The van der Waals surface area contributed by atoms with E-state index in [0.29, 0.717) is 24.2 Å². The van der Waals surface area contributed by atoms with Gasteiger partial charge >= 0.3 is 0 Å². The van der Waals surface area contributed by atoms with Gasteiger partial charge in [-0.05, 0) is 44.5 Å². The van der Waals surface area contributed by atoms with Crippen LogP contribution in [0.25, 0.3) is 0 Å². The Hall–Kier alpha value is -2.22. The van der Waals surface area contributed by atoms with Crippen LogP contribution < -0.4 is 4.90 Å². The molecule has 1 fully saturated rings. The molecule has 26 heavy (non-hydrogen) atoms. The molecule has 0 radical (unpaired) electrons. The van der Waals surface area contributed by atoms with Crippen molar-refractivity contribution >= 4 is 33.1 Å². The number of hydrogen-bond acceptors (Lipinski definition) is 5. The third-order valence-corrected chi connectivity index (χ3v) is 6.32. The van der Waals surface area contributed by atoms with Crippen molar-refractivity contribution in [3.05, 3.63) is 29.8 Å². The van der Waals surface area contributed by atoms with Crippen LogP contribution in [0.1, 0.15) is 37.6 Å². The summed E-state index contributed by atoms with van der Waals surface area (Å²) >= 11 is 0. The van der Waals surface area contributed by atoms with E-state index in [4.69, 9.17) is 0 Å². The molecule has 1 heterocycles. The van der Waals surface area contributed by atoms with Gasteiger partial charge in [-0.15, -0.1) is 0 Å². The van der Waals surface area contributed by atoms with Gasteiger partial charge in [0, 0.05) is 30.8 Å². The lowest BCUT2D eigenvalue weighted by atomic mass is 10.1. The van der Waals surface area contributed by atoms with Crippen molar-refractivity contribution in [3.63, 3.8) is 0 Å². The number of carbonyl (C=O) groups excluding carboxylic acids is 3. The largest absolute Gasteiger partial charge is 0.337 e. The van der Waals surface area contributed by atoms with E-state index < -0.39 is 9.84 Å². The van der Waals surface area contributed by atoms with Gasteiger partial charge in [0.2, 0.25) is 11.8 Å². The first-order valence-electron chi connectivity index (χ1n) is 8.53. The molecular weight excluding hydrogens is 356 g/mol. The molecule has 0 spiro atoms. The molecule has 2 rings (SSSR count). The lowest BCUT2D eigenvalue weighted by molar-refractivity contribution is -0.132. The molecule has 1 atom stereocenters. The lowest BCUT2D eigenvalue weighted by Gasteiger charge is -2.30. The summed E-state index contributed by atoms with van der Waals surface area (Å²) in [5.74, 6) is -0.615. The van der Waals surface area contributed by atoms with Crippen molar-refractivity contribution in [1.29, 1.82) is 0 Å². The van der Waals surface area contributed by atoms with Crippen molar-refractivity contribution < 1.29 is 22.8 Å². The van der Waals surface area contributed by atoms with Gasteiger partial charge in [0.25, 0.3) is 0 Å². The highest BCUT2D eigenvalue weighted by molar-refractivity contribution is 7.91. The zero-order chi connectivity index (χ0) is 19.5. The van der Waals surface area contributed by atoms with Gasteiger partial charge in [0.05, 0.1) is 11.5 Å². The standard InChI is InChI=1S/C18H24N2O5S/c1-4-19(17-9-10-26(24,25)12-17)18(23)11-20(14(3)22)16-7-5-15(6-8-16)13(2)21/h5-8,17H,4,9-12H2,1-3H3. The molecule has 2 amide bonds. The molecule has 1 aliphatic heterocycles. The topological polar surface area (TPSA) is 91.8 Å². The molecule has 7 nitrogen and oxygen atoms in total. The molecule has 0 aromatic heterocycles. The van der Waals surface area contributed by atoms with Gasteiger partial charge in [-0.25, -0.2) is 8.42 Å². The number of rotatable bonds is 6. The van der Waals surface area contributed by atoms with E-state index in [9.17, 15) is 22.8 Å². The SMILES string of the molecule is CCN(C(=O)CN(C(C)=O)c1ccc(C(C)=O)cc1)C1CCS(=O)(=O)C1. The van der Waals surface area contributed by atoms with Crippen molar-refractivity contribution in [1.82, 2.24) is 4.90 Å². The summed E-state index contributed by atoms with van der Waals surface area (Å²) in [6, 6.07) is 6.13. The van der Waals surface area contributed by atoms with E-state index in [1.807, 2.05) is 0 Å². The molecule has 0 N–H and O–H groups in total. The number of carbonyl (C=O) groups is 3. The van der Waals surface area contributed by atoms with Crippen LogP contribution in [0.5, 0.6) is 0 Å². The van der Waals surface area contributed by atoms with E-state index >= 15 is 0 Å². The molecule has 8 heteroatoms. The van der Waals surface area contributed by atoms with Crippen molar-refractivity contribution in [3.8, 4) is 0 Å². The fourth-order valence-corrected chi connectivity index (χ4v) is 4.88. The number of likely N-dealkylation sites (N-methyl/N-ethyl adjacent to an activating group) is 1. The van der Waals surface area contributed by atoms with Gasteiger partial charge in [-0.2, -0.15) is 0 Å². The Balaban J connectivity index is 2.16. The minimum absolute atomic E-state index is 0.0278. The molecular formula is C18H24N2O5S. The second-order valence-electron chi connectivity index (χ2n) is 6.44. The minimum atomic E-state index is -3.10. The molecule has 1 aliphatic rings. The summed E-state index contributed by atoms with van der Waals surface area (Å²) in [6.45, 7) is 4.83. The minimum Gasteiger partial charge on any atom is -0.337 e. The predicted molar refractivity (Wildman–Crippen MR) is 98.9 cm³/mol.